The zero-order valence-electron chi connectivity index (χ0n) is 15.4. The summed E-state index contributed by atoms with van der Waals surface area (Å²) in [7, 11) is 1.80. The molecule has 0 aromatic heterocycles. The highest BCUT2D eigenvalue weighted by Gasteiger charge is 2.21. The molecule has 1 saturated heterocycles. The maximum absolute atomic E-state index is 5.76. The Morgan fingerprint density at radius 1 is 1.20 bits per heavy atom. The van der Waals surface area contributed by atoms with Gasteiger partial charge in [-0.1, -0.05) is 13.3 Å². The minimum absolute atomic E-state index is 0.584. The van der Waals surface area contributed by atoms with Crippen LogP contribution in [0.5, 0.6) is 11.5 Å². The van der Waals surface area contributed by atoms with Crippen molar-refractivity contribution in [3.05, 3.63) is 18.2 Å². The van der Waals surface area contributed by atoms with Gasteiger partial charge in [0.2, 0.25) is 0 Å². The highest BCUT2D eigenvalue weighted by molar-refractivity contribution is 5.93. The lowest BCUT2D eigenvalue weighted by Crippen LogP contribution is -2.47. The number of anilines is 1. The Hall–Kier alpha value is -1.95. The van der Waals surface area contributed by atoms with Crippen LogP contribution < -0.4 is 20.1 Å². The largest absolute Gasteiger partial charge is 0.490 e. The van der Waals surface area contributed by atoms with Crippen molar-refractivity contribution < 1.29 is 9.47 Å². The Morgan fingerprint density at radius 3 is 2.84 bits per heavy atom. The number of aliphatic imine (C=N–C) groups is 1. The van der Waals surface area contributed by atoms with Crippen LogP contribution in [0.1, 0.15) is 32.6 Å². The van der Waals surface area contributed by atoms with Gasteiger partial charge in [0.1, 0.15) is 0 Å². The van der Waals surface area contributed by atoms with E-state index in [2.05, 4.69) is 27.4 Å². The van der Waals surface area contributed by atoms with Crippen molar-refractivity contribution in [2.45, 2.75) is 38.6 Å². The number of likely N-dealkylation sites (tertiary alicyclic amines) is 1. The number of fused-ring (bicyclic) bond motifs is 1. The van der Waals surface area contributed by atoms with E-state index in [0.29, 0.717) is 19.3 Å². The van der Waals surface area contributed by atoms with Gasteiger partial charge in [-0.05, 0) is 38.1 Å². The van der Waals surface area contributed by atoms with Crippen LogP contribution in [0, 0.1) is 0 Å². The Morgan fingerprint density at radius 2 is 2.04 bits per heavy atom. The monoisotopic (exact) mass is 346 g/mol. The van der Waals surface area contributed by atoms with Crippen molar-refractivity contribution >= 4 is 11.6 Å². The van der Waals surface area contributed by atoms with Crippen molar-refractivity contribution in [2.24, 2.45) is 4.99 Å². The van der Waals surface area contributed by atoms with Gasteiger partial charge in [0, 0.05) is 37.8 Å². The molecule has 2 heterocycles. The molecule has 0 saturated carbocycles. The van der Waals surface area contributed by atoms with Crippen LogP contribution in [0.3, 0.4) is 0 Å². The Labute approximate surface area is 150 Å². The molecule has 1 unspecified atom stereocenters. The van der Waals surface area contributed by atoms with E-state index in [1.54, 1.807) is 7.05 Å². The number of hydrogen-bond donors (Lipinski definition) is 2. The molecule has 0 bridgehead atoms. The van der Waals surface area contributed by atoms with Gasteiger partial charge in [-0.2, -0.15) is 0 Å². The summed E-state index contributed by atoms with van der Waals surface area (Å²) in [4.78, 5) is 6.91. The van der Waals surface area contributed by atoms with E-state index in [4.69, 9.17) is 9.47 Å². The number of benzene rings is 1. The number of ether oxygens (including phenoxy) is 2. The van der Waals surface area contributed by atoms with Crippen molar-refractivity contribution in [1.82, 2.24) is 10.2 Å². The summed E-state index contributed by atoms with van der Waals surface area (Å²) in [5.74, 6) is 2.39. The van der Waals surface area contributed by atoms with Gasteiger partial charge in [0.25, 0.3) is 0 Å². The molecule has 0 radical (unpaired) electrons. The summed E-state index contributed by atoms with van der Waals surface area (Å²) in [6.45, 7) is 6.87. The molecule has 25 heavy (non-hydrogen) atoms. The molecule has 1 atom stereocenters. The SMILES string of the molecule is CCN1CCCCC1CNC(=NC)Nc1ccc2c(c1)OCCCO2. The summed E-state index contributed by atoms with van der Waals surface area (Å²) >= 11 is 0. The van der Waals surface area contributed by atoms with Gasteiger partial charge in [0.15, 0.2) is 17.5 Å². The maximum atomic E-state index is 5.76. The lowest BCUT2D eigenvalue weighted by atomic mass is 10.0. The highest BCUT2D eigenvalue weighted by atomic mass is 16.5. The van der Waals surface area contributed by atoms with Crippen LogP contribution in [0.15, 0.2) is 23.2 Å². The summed E-state index contributed by atoms with van der Waals surface area (Å²) in [6, 6.07) is 6.52. The second kappa shape index (κ2) is 8.94. The quantitative estimate of drug-likeness (QED) is 0.648. The third-order valence-corrected chi connectivity index (χ3v) is 4.89. The molecular weight excluding hydrogens is 316 g/mol. The molecule has 0 aliphatic carbocycles. The fourth-order valence-electron chi connectivity index (χ4n) is 3.48. The summed E-state index contributed by atoms with van der Waals surface area (Å²) in [5, 5.41) is 6.83. The number of piperidine rings is 1. The van der Waals surface area contributed by atoms with Gasteiger partial charge in [0.05, 0.1) is 13.2 Å². The van der Waals surface area contributed by atoms with Crippen LogP contribution in [0.25, 0.3) is 0 Å². The lowest BCUT2D eigenvalue weighted by Gasteiger charge is -2.35. The Kier molecular flexibility index (Phi) is 6.39. The minimum Gasteiger partial charge on any atom is -0.490 e. The third-order valence-electron chi connectivity index (χ3n) is 4.89. The molecule has 2 N–H and O–H groups in total. The maximum Gasteiger partial charge on any atom is 0.195 e. The molecule has 6 nitrogen and oxygen atoms in total. The first-order valence-corrected chi connectivity index (χ1v) is 9.41. The van der Waals surface area contributed by atoms with Gasteiger partial charge < -0.3 is 20.1 Å². The van der Waals surface area contributed by atoms with Crippen molar-refractivity contribution in [3.63, 3.8) is 0 Å². The van der Waals surface area contributed by atoms with Gasteiger partial charge in [-0.15, -0.1) is 0 Å². The third kappa shape index (κ3) is 4.78. The number of nitrogens with one attached hydrogen (secondary N) is 2. The molecule has 2 aliphatic rings. The van der Waals surface area contributed by atoms with Gasteiger partial charge in [-0.25, -0.2) is 0 Å². The van der Waals surface area contributed by atoms with E-state index < -0.39 is 0 Å². The van der Waals surface area contributed by atoms with Gasteiger partial charge in [-0.3, -0.25) is 9.89 Å². The summed E-state index contributed by atoms with van der Waals surface area (Å²) in [6.07, 6.45) is 4.80. The predicted octanol–water partition coefficient (Wildman–Crippen LogP) is 2.71. The van der Waals surface area contributed by atoms with Crippen molar-refractivity contribution in [3.8, 4) is 11.5 Å². The topological polar surface area (TPSA) is 58.1 Å². The predicted molar refractivity (Wildman–Crippen MR) is 102 cm³/mol. The van der Waals surface area contributed by atoms with Crippen LogP contribution in [0.2, 0.25) is 0 Å². The second-order valence-corrected chi connectivity index (χ2v) is 6.57. The number of nitrogens with zero attached hydrogens (tertiary/aromatic N) is 2. The summed E-state index contributed by atoms with van der Waals surface area (Å²) in [5.41, 5.74) is 0.952. The van der Waals surface area contributed by atoms with E-state index in [1.165, 1.54) is 25.8 Å². The van der Waals surface area contributed by atoms with E-state index in [9.17, 15) is 0 Å². The van der Waals surface area contributed by atoms with E-state index in [1.807, 2.05) is 18.2 Å². The fourth-order valence-corrected chi connectivity index (χ4v) is 3.48. The minimum atomic E-state index is 0.584. The lowest BCUT2D eigenvalue weighted by molar-refractivity contribution is 0.157. The van der Waals surface area contributed by atoms with Crippen LogP contribution in [-0.4, -0.2) is 56.8 Å². The first-order valence-electron chi connectivity index (χ1n) is 9.41. The molecule has 1 aromatic carbocycles. The number of rotatable bonds is 4. The van der Waals surface area contributed by atoms with Crippen LogP contribution in [0.4, 0.5) is 5.69 Å². The van der Waals surface area contributed by atoms with Crippen LogP contribution in [-0.2, 0) is 0 Å². The fraction of sp³-hybridized carbons (Fsp3) is 0.632. The molecule has 3 rings (SSSR count). The molecule has 0 spiro atoms. The average Bonchev–Trinajstić information content (AvgIpc) is 2.90. The number of guanidine groups is 1. The molecule has 0 amide bonds. The van der Waals surface area contributed by atoms with E-state index in [-0.39, 0.29) is 0 Å². The first kappa shape index (κ1) is 17.9. The molecule has 138 valence electrons. The smallest absolute Gasteiger partial charge is 0.195 e. The van der Waals surface area contributed by atoms with Crippen LogP contribution >= 0.6 is 0 Å². The Bertz CT molecular complexity index is 591. The van der Waals surface area contributed by atoms with Crippen molar-refractivity contribution in [1.29, 1.82) is 0 Å². The second-order valence-electron chi connectivity index (χ2n) is 6.57. The first-order chi connectivity index (χ1) is 12.3. The standard InChI is InChI=1S/C19H30N4O2/c1-3-23-10-5-4-7-16(23)14-21-19(20-2)22-15-8-9-17-18(13-15)25-12-6-11-24-17/h8-9,13,16H,3-7,10-12,14H2,1-2H3,(H2,20,21,22). The zero-order valence-corrected chi connectivity index (χ0v) is 15.4. The molecule has 2 aliphatic heterocycles. The highest BCUT2D eigenvalue weighted by Crippen LogP contribution is 2.32. The van der Waals surface area contributed by atoms with Gasteiger partial charge >= 0.3 is 0 Å². The molecule has 1 fully saturated rings. The van der Waals surface area contributed by atoms with Crippen molar-refractivity contribution in [2.75, 3.05) is 45.2 Å². The number of likely N-dealkylation sites (N-methyl/N-ethyl adjacent to an activating group) is 1. The van der Waals surface area contributed by atoms with E-state index >= 15 is 0 Å². The normalized spacial score (nSPS) is 21.5. The molecule has 6 heteroatoms. The molecule has 1 aromatic rings. The Balaban J connectivity index is 1.58. The zero-order chi connectivity index (χ0) is 17.5. The number of hydrogen-bond acceptors (Lipinski definition) is 4. The summed E-state index contributed by atoms with van der Waals surface area (Å²) < 4.78 is 11.4. The van der Waals surface area contributed by atoms with E-state index in [0.717, 1.165) is 42.7 Å². The molecular formula is C19H30N4O2. The average molecular weight is 346 g/mol.